The first kappa shape index (κ1) is 18.2. The highest BCUT2D eigenvalue weighted by atomic mass is 79.9. The minimum atomic E-state index is -4.12. The lowest BCUT2D eigenvalue weighted by Crippen LogP contribution is -2.11. The fraction of sp³-hybridized carbons (Fsp3) is 0.143. The highest BCUT2D eigenvalue weighted by molar-refractivity contribution is 9.10. The normalized spacial score (nSPS) is 11.2. The van der Waals surface area contributed by atoms with Gasteiger partial charge in [-0.2, -0.15) is 8.42 Å². The summed E-state index contributed by atoms with van der Waals surface area (Å²) in [7, 11) is -1.26. The lowest BCUT2D eigenvalue weighted by atomic mass is 10.3. The number of rotatable bonds is 5. The van der Waals surface area contributed by atoms with Crippen molar-refractivity contribution >= 4 is 49.2 Å². The molecule has 0 saturated carbocycles. The Morgan fingerprint density at radius 3 is 2.13 bits per heavy atom. The minimum absolute atomic E-state index is 0.0427. The standard InChI is InChI=1S/C14H11BrCl2O5S/c1-20-12-6-9(15)14(7-13(12)21-2)23(18,19)22-8-3-4-10(16)11(17)5-8/h3-7H,1-2H3. The summed E-state index contributed by atoms with van der Waals surface area (Å²) >= 11 is 14.8. The van der Waals surface area contributed by atoms with Gasteiger partial charge in [-0.05, 0) is 34.1 Å². The molecule has 0 fully saturated rings. The van der Waals surface area contributed by atoms with Crippen molar-refractivity contribution in [2.75, 3.05) is 14.2 Å². The van der Waals surface area contributed by atoms with Gasteiger partial charge in [0.25, 0.3) is 0 Å². The largest absolute Gasteiger partial charge is 0.493 e. The maximum absolute atomic E-state index is 12.5. The monoisotopic (exact) mass is 440 g/mol. The van der Waals surface area contributed by atoms with Crippen molar-refractivity contribution in [1.29, 1.82) is 0 Å². The zero-order valence-electron chi connectivity index (χ0n) is 12.0. The predicted molar refractivity (Wildman–Crippen MR) is 91.5 cm³/mol. The van der Waals surface area contributed by atoms with E-state index in [2.05, 4.69) is 15.9 Å². The van der Waals surface area contributed by atoms with Crippen molar-refractivity contribution in [2.45, 2.75) is 4.90 Å². The molecular weight excluding hydrogens is 431 g/mol. The number of hydrogen-bond donors (Lipinski definition) is 0. The topological polar surface area (TPSA) is 61.8 Å². The number of benzene rings is 2. The molecule has 5 nitrogen and oxygen atoms in total. The molecule has 2 rings (SSSR count). The Morgan fingerprint density at radius 2 is 1.57 bits per heavy atom. The molecule has 124 valence electrons. The zero-order chi connectivity index (χ0) is 17.2. The molecule has 0 atom stereocenters. The second-order valence-electron chi connectivity index (χ2n) is 4.25. The van der Waals surface area contributed by atoms with Crippen LogP contribution in [0.2, 0.25) is 10.0 Å². The van der Waals surface area contributed by atoms with E-state index in [1.165, 1.54) is 44.6 Å². The molecule has 9 heteroatoms. The van der Waals surface area contributed by atoms with Gasteiger partial charge in [0.15, 0.2) is 11.5 Å². The molecule has 0 unspecified atom stereocenters. The molecule has 0 aromatic heterocycles. The molecule has 0 bridgehead atoms. The molecule has 0 N–H and O–H groups in total. The summed E-state index contributed by atoms with van der Waals surface area (Å²) in [4.78, 5) is -0.110. The van der Waals surface area contributed by atoms with Gasteiger partial charge in [0.2, 0.25) is 0 Å². The molecule has 2 aromatic carbocycles. The third-order valence-electron chi connectivity index (χ3n) is 2.80. The van der Waals surface area contributed by atoms with E-state index in [9.17, 15) is 8.42 Å². The van der Waals surface area contributed by atoms with Crippen LogP contribution in [0.15, 0.2) is 39.7 Å². The SMILES string of the molecule is COc1cc(Br)c(S(=O)(=O)Oc2ccc(Cl)c(Cl)c2)cc1OC. The summed E-state index contributed by atoms with van der Waals surface area (Å²) in [5.41, 5.74) is 0. The molecular formula is C14H11BrCl2O5S. The van der Waals surface area contributed by atoms with Crippen LogP contribution in [0.3, 0.4) is 0 Å². The Bertz CT molecular complexity index is 839. The minimum Gasteiger partial charge on any atom is -0.493 e. The van der Waals surface area contributed by atoms with Gasteiger partial charge >= 0.3 is 10.1 Å². The molecule has 0 aliphatic carbocycles. The maximum Gasteiger partial charge on any atom is 0.340 e. The van der Waals surface area contributed by atoms with Gasteiger partial charge in [-0.25, -0.2) is 0 Å². The number of halogens is 3. The summed E-state index contributed by atoms with van der Waals surface area (Å²) in [6.45, 7) is 0. The van der Waals surface area contributed by atoms with Crippen molar-refractivity contribution in [3.05, 3.63) is 44.8 Å². The molecule has 0 aliphatic rings. The molecule has 0 saturated heterocycles. The molecule has 0 radical (unpaired) electrons. The first-order valence-corrected chi connectivity index (χ1v) is 9.05. The van der Waals surface area contributed by atoms with E-state index in [0.29, 0.717) is 10.8 Å². The van der Waals surface area contributed by atoms with Crippen molar-refractivity contribution in [2.24, 2.45) is 0 Å². The van der Waals surface area contributed by atoms with Crippen LogP contribution in [0.4, 0.5) is 0 Å². The number of methoxy groups -OCH3 is 2. The Labute approximate surface area is 152 Å². The summed E-state index contributed by atoms with van der Waals surface area (Å²) in [6.07, 6.45) is 0. The Morgan fingerprint density at radius 1 is 0.957 bits per heavy atom. The van der Waals surface area contributed by atoms with Crippen LogP contribution < -0.4 is 13.7 Å². The first-order valence-electron chi connectivity index (χ1n) is 6.09. The van der Waals surface area contributed by atoms with Crippen molar-refractivity contribution in [1.82, 2.24) is 0 Å². The lowest BCUT2D eigenvalue weighted by molar-refractivity contribution is 0.353. The zero-order valence-corrected chi connectivity index (χ0v) is 15.9. The quantitative estimate of drug-likeness (QED) is 0.637. The Hall–Kier alpha value is -1.15. The fourth-order valence-corrected chi connectivity index (χ4v) is 3.93. The average Bonchev–Trinajstić information content (AvgIpc) is 2.50. The molecule has 0 amide bonds. The summed E-state index contributed by atoms with van der Waals surface area (Å²) in [5.74, 6) is 0.681. The van der Waals surface area contributed by atoms with E-state index < -0.39 is 10.1 Å². The van der Waals surface area contributed by atoms with E-state index in [0.717, 1.165) is 0 Å². The van der Waals surface area contributed by atoms with E-state index >= 15 is 0 Å². The molecule has 0 aliphatic heterocycles. The van der Waals surface area contributed by atoms with Crippen molar-refractivity contribution in [3.63, 3.8) is 0 Å². The lowest BCUT2D eigenvalue weighted by Gasteiger charge is -2.13. The van der Waals surface area contributed by atoms with Crippen LogP contribution >= 0.6 is 39.1 Å². The molecule has 23 heavy (non-hydrogen) atoms. The second-order valence-corrected chi connectivity index (χ2v) is 7.43. The fourth-order valence-electron chi connectivity index (χ4n) is 1.73. The van der Waals surface area contributed by atoms with Gasteiger partial charge in [0.05, 0.1) is 24.3 Å². The molecule has 0 spiro atoms. The van der Waals surface area contributed by atoms with E-state index in [1.807, 2.05) is 0 Å². The van der Waals surface area contributed by atoms with Crippen molar-refractivity contribution < 1.29 is 22.1 Å². The van der Waals surface area contributed by atoms with Gasteiger partial charge in [-0.3, -0.25) is 0 Å². The van der Waals surface area contributed by atoms with Crippen LogP contribution in [-0.2, 0) is 10.1 Å². The number of ether oxygens (including phenoxy) is 2. The van der Waals surface area contributed by atoms with E-state index in [-0.39, 0.29) is 25.9 Å². The van der Waals surface area contributed by atoms with Crippen LogP contribution in [0, 0.1) is 0 Å². The van der Waals surface area contributed by atoms with Crippen molar-refractivity contribution in [3.8, 4) is 17.2 Å². The third kappa shape index (κ3) is 4.03. The van der Waals surface area contributed by atoms with Gasteiger partial charge in [-0.1, -0.05) is 23.2 Å². The maximum atomic E-state index is 12.5. The third-order valence-corrected chi connectivity index (χ3v) is 5.75. The highest BCUT2D eigenvalue weighted by Crippen LogP contribution is 2.37. The van der Waals surface area contributed by atoms with Gasteiger partial charge < -0.3 is 13.7 Å². The Kier molecular flexibility index (Phi) is 5.67. The van der Waals surface area contributed by atoms with Crippen LogP contribution in [0.1, 0.15) is 0 Å². The first-order chi connectivity index (χ1) is 10.8. The summed E-state index contributed by atoms with van der Waals surface area (Å²) < 4.78 is 40.5. The van der Waals surface area contributed by atoms with Gasteiger partial charge in [0, 0.05) is 16.6 Å². The second kappa shape index (κ2) is 7.17. The van der Waals surface area contributed by atoms with Gasteiger partial charge in [-0.15, -0.1) is 0 Å². The van der Waals surface area contributed by atoms with Crippen LogP contribution in [-0.4, -0.2) is 22.6 Å². The summed E-state index contributed by atoms with van der Waals surface area (Å²) in [5, 5.41) is 0.481. The van der Waals surface area contributed by atoms with E-state index in [1.54, 1.807) is 0 Å². The molecule has 0 heterocycles. The van der Waals surface area contributed by atoms with Gasteiger partial charge in [0.1, 0.15) is 10.6 Å². The summed E-state index contributed by atoms with van der Waals surface area (Å²) in [6, 6.07) is 6.94. The van der Waals surface area contributed by atoms with Crippen LogP contribution in [0.5, 0.6) is 17.2 Å². The average molecular weight is 442 g/mol. The molecule has 2 aromatic rings. The highest BCUT2D eigenvalue weighted by Gasteiger charge is 2.23. The van der Waals surface area contributed by atoms with Crippen LogP contribution in [0.25, 0.3) is 0 Å². The number of hydrogen-bond acceptors (Lipinski definition) is 5. The predicted octanol–water partition coefficient (Wildman–Crippen LogP) is 4.54. The Balaban J connectivity index is 2.45. The smallest absolute Gasteiger partial charge is 0.340 e. The van der Waals surface area contributed by atoms with E-state index in [4.69, 9.17) is 36.9 Å².